The minimum absolute atomic E-state index is 0.0242. The van der Waals surface area contributed by atoms with E-state index in [-0.39, 0.29) is 69.2 Å². The molecule has 2 amide bonds. The van der Waals surface area contributed by atoms with Crippen molar-refractivity contribution in [3.63, 3.8) is 0 Å². The predicted octanol–water partition coefficient (Wildman–Crippen LogP) is 11.9. The molecule has 6 aromatic rings. The zero-order valence-electron chi connectivity index (χ0n) is 40.6. The first-order valence-electron chi connectivity index (χ1n) is 23.4. The zero-order valence-corrected chi connectivity index (χ0v) is 43.7. The van der Waals surface area contributed by atoms with Crippen LogP contribution in [0, 0.1) is 11.6 Å². The Balaban J connectivity index is 0.000000216. The van der Waals surface area contributed by atoms with Gasteiger partial charge in [-0.05, 0) is 134 Å². The van der Waals surface area contributed by atoms with Crippen LogP contribution in [-0.4, -0.2) is 73.1 Å². The average Bonchev–Trinajstić information content (AvgIpc) is 4.00. The number of ether oxygens (including phenoxy) is 4. The zero-order chi connectivity index (χ0) is 53.5. The van der Waals surface area contributed by atoms with Crippen molar-refractivity contribution in [2.24, 2.45) is 0 Å². The number of aliphatic hydroxyl groups is 2. The van der Waals surface area contributed by atoms with Gasteiger partial charge in [-0.1, -0.05) is 70.7 Å². The van der Waals surface area contributed by atoms with E-state index in [0.717, 1.165) is 0 Å². The van der Waals surface area contributed by atoms with Gasteiger partial charge in [0.05, 0.1) is 45.5 Å². The van der Waals surface area contributed by atoms with E-state index in [1.807, 2.05) is 0 Å². The molecule has 2 aliphatic heterocycles. The quantitative estimate of drug-likeness (QED) is 0.0608. The second kappa shape index (κ2) is 24.0. The van der Waals surface area contributed by atoms with Gasteiger partial charge < -0.3 is 39.8 Å². The molecule has 74 heavy (non-hydrogen) atoms. The maximum Gasteiger partial charge on any atom is 0.261 e. The summed E-state index contributed by atoms with van der Waals surface area (Å²) in [5.74, 6) is -0.124. The number of benzene rings is 6. The summed E-state index contributed by atoms with van der Waals surface area (Å²) in [5.41, 5.74) is 1.71. The number of amides is 2. The molecule has 2 unspecified atom stereocenters. The molecule has 4 atom stereocenters. The molecule has 0 radical (unpaired) electrons. The summed E-state index contributed by atoms with van der Waals surface area (Å²) in [5, 5.41) is 28.3. The first-order chi connectivity index (χ1) is 35.2. The monoisotopic (exact) mass is 1090 g/mol. The van der Waals surface area contributed by atoms with Crippen molar-refractivity contribution < 1.29 is 57.1 Å². The molecule has 8 rings (SSSR count). The van der Waals surface area contributed by atoms with Gasteiger partial charge in [-0.25, -0.2) is 8.78 Å². The summed E-state index contributed by atoms with van der Waals surface area (Å²) >= 11 is 24.5. The van der Waals surface area contributed by atoms with E-state index < -0.39 is 35.0 Å². The van der Waals surface area contributed by atoms with E-state index in [9.17, 15) is 38.2 Å². The Kier molecular flexibility index (Phi) is 18.0. The summed E-state index contributed by atoms with van der Waals surface area (Å²) in [6, 6.07) is 28.4. The molecule has 0 aliphatic carbocycles. The first kappa shape index (κ1) is 55.5. The second-order valence-corrected chi connectivity index (χ2v) is 19.8. The highest BCUT2D eigenvalue weighted by Crippen LogP contribution is 2.40. The van der Waals surface area contributed by atoms with Crippen LogP contribution in [0.15, 0.2) is 109 Å². The predicted molar refractivity (Wildman–Crippen MR) is 280 cm³/mol. The van der Waals surface area contributed by atoms with Crippen molar-refractivity contribution in [1.82, 2.24) is 10.6 Å². The van der Waals surface area contributed by atoms with Crippen LogP contribution >= 0.6 is 46.4 Å². The third-order valence-electron chi connectivity index (χ3n) is 12.8. The van der Waals surface area contributed by atoms with Crippen molar-refractivity contribution in [1.29, 1.82) is 0 Å². The van der Waals surface area contributed by atoms with Crippen LogP contribution in [0.1, 0.15) is 84.2 Å². The number of hydrogen-bond acceptors (Lipinski definition) is 10. The molecule has 388 valence electrons. The van der Waals surface area contributed by atoms with Gasteiger partial charge in [-0.15, -0.1) is 0 Å². The standard InChI is InChI=1S/2C28H26Cl2FNO5/c2*1-28(35,18-5-8-24(36-2)19(15-18)16-3-6-22(31)20(29)13-16)11-9-23(33)17-4-7-25(21(30)14-17)37-26-10-12-32-27(26)34/h2*3-8,13-15,26,35H,9-12H2,1-2H3,(H,32,34)/t2*26-,28?/m10/s1. The maximum atomic E-state index is 13.7. The summed E-state index contributed by atoms with van der Waals surface area (Å²) in [4.78, 5) is 49.3. The van der Waals surface area contributed by atoms with Crippen LogP contribution in [0.2, 0.25) is 20.1 Å². The van der Waals surface area contributed by atoms with E-state index >= 15 is 0 Å². The van der Waals surface area contributed by atoms with Crippen molar-refractivity contribution >= 4 is 69.8 Å². The Morgan fingerprint density at radius 1 is 0.554 bits per heavy atom. The minimum atomic E-state index is -1.34. The van der Waals surface area contributed by atoms with Crippen LogP contribution in [-0.2, 0) is 20.8 Å². The molecule has 0 aromatic heterocycles. The van der Waals surface area contributed by atoms with E-state index in [0.29, 0.717) is 93.4 Å². The first-order valence-corrected chi connectivity index (χ1v) is 25.0. The molecular formula is C56H52Cl4F2N2O10. The molecule has 12 nitrogen and oxygen atoms in total. The number of ketones is 2. The average molecular weight is 1090 g/mol. The summed E-state index contributed by atoms with van der Waals surface area (Å²) in [6.45, 7) is 4.34. The van der Waals surface area contributed by atoms with Gasteiger partial charge in [0.25, 0.3) is 11.8 Å². The molecule has 2 heterocycles. The van der Waals surface area contributed by atoms with Crippen molar-refractivity contribution in [2.45, 2.75) is 75.8 Å². The molecular weight excluding hydrogens is 1040 g/mol. The van der Waals surface area contributed by atoms with E-state index in [4.69, 9.17) is 65.4 Å². The fourth-order valence-corrected chi connectivity index (χ4v) is 9.18. The molecule has 4 N–H and O–H groups in total. The van der Waals surface area contributed by atoms with Gasteiger partial charge in [-0.2, -0.15) is 0 Å². The van der Waals surface area contributed by atoms with Gasteiger partial charge in [0, 0.05) is 61.0 Å². The lowest BCUT2D eigenvalue weighted by Gasteiger charge is -2.25. The third kappa shape index (κ3) is 13.3. The third-order valence-corrected chi connectivity index (χ3v) is 14.0. The fraction of sp³-hybridized carbons (Fsp3) is 0.286. The van der Waals surface area contributed by atoms with Crippen LogP contribution in [0.4, 0.5) is 8.78 Å². The normalized spacial score (nSPS) is 16.7. The molecule has 0 bridgehead atoms. The summed E-state index contributed by atoms with van der Waals surface area (Å²) in [6.07, 6.45) is 0.276. The van der Waals surface area contributed by atoms with Gasteiger partial charge >= 0.3 is 0 Å². The molecule has 2 saturated heterocycles. The molecule has 0 saturated carbocycles. The number of carbonyl (C=O) groups is 4. The highest BCUT2D eigenvalue weighted by molar-refractivity contribution is 6.33. The lowest BCUT2D eigenvalue weighted by molar-refractivity contribution is -0.125. The number of rotatable bonds is 18. The number of methoxy groups -OCH3 is 2. The number of hydrogen-bond donors (Lipinski definition) is 4. The summed E-state index contributed by atoms with van der Waals surface area (Å²) < 4.78 is 49.6. The Morgan fingerprint density at radius 3 is 1.26 bits per heavy atom. The SMILES string of the molecule is COc1ccc(C(C)(O)CCC(=O)c2ccc(O[C@@H]3CCNC3=O)c(Cl)c2)cc1-c1ccc(F)c(Cl)c1.COc1ccc(C(C)(O)CCC(=O)c2ccc(O[C@H]3CCNC3=O)c(Cl)c2)cc1-c1ccc(F)c(Cl)c1. The van der Waals surface area contributed by atoms with Gasteiger partial charge in [0.15, 0.2) is 23.8 Å². The number of nitrogens with one attached hydrogen (secondary N) is 2. The van der Waals surface area contributed by atoms with Gasteiger partial charge in [0.2, 0.25) is 0 Å². The maximum absolute atomic E-state index is 13.7. The minimum Gasteiger partial charge on any atom is -0.496 e. The number of halogens is 6. The highest BCUT2D eigenvalue weighted by atomic mass is 35.5. The molecule has 2 aliphatic rings. The number of Topliss-reactive ketones (excluding diaryl/α,β-unsaturated/α-hetero) is 2. The van der Waals surface area contributed by atoms with Gasteiger partial charge in [-0.3, -0.25) is 19.2 Å². The number of carbonyl (C=O) groups excluding carboxylic acids is 4. The Labute approximate surface area is 446 Å². The van der Waals surface area contributed by atoms with Crippen LogP contribution in [0.5, 0.6) is 23.0 Å². The van der Waals surface area contributed by atoms with Crippen molar-refractivity contribution in [2.75, 3.05) is 27.3 Å². The van der Waals surface area contributed by atoms with Crippen molar-refractivity contribution in [3.8, 4) is 45.3 Å². The van der Waals surface area contributed by atoms with E-state index in [2.05, 4.69) is 10.6 Å². The molecule has 6 aromatic carbocycles. The fourth-order valence-electron chi connectivity index (χ4n) is 8.37. The van der Waals surface area contributed by atoms with Crippen molar-refractivity contribution in [3.05, 3.63) is 163 Å². The Hall–Kier alpha value is -6.26. The van der Waals surface area contributed by atoms with Crippen LogP contribution < -0.4 is 29.6 Å². The molecule has 18 heteroatoms. The highest BCUT2D eigenvalue weighted by Gasteiger charge is 2.31. The van der Waals surface area contributed by atoms with Crippen LogP contribution in [0.25, 0.3) is 22.3 Å². The lowest BCUT2D eigenvalue weighted by atomic mass is 9.87. The molecule has 2 fully saturated rings. The van der Waals surface area contributed by atoms with E-state index in [1.165, 1.54) is 50.6 Å². The van der Waals surface area contributed by atoms with E-state index in [1.54, 1.807) is 86.6 Å². The molecule has 0 spiro atoms. The lowest BCUT2D eigenvalue weighted by Crippen LogP contribution is -2.27. The smallest absolute Gasteiger partial charge is 0.261 e. The Bertz CT molecular complexity index is 2890. The second-order valence-electron chi connectivity index (χ2n) is 18.1. The largest absolute Gasteiger partial charge is 0.496 e. The Morgan fingerprint density at radius 2 is 0.932 bits per heavy atom. The topological polar surface area (TPSA) is 170 Å². The van der Waals surface area contributed by atoms with Crippen LogP contribution in [0.3, 0.4) is 0 Å². The van der Waals surface area contributed by atoms with Gasteiger partial charge in [0.1, 0.15) is 34.6 Å². The summed E-state index contributed by atoms with van der Waals surface area (Å²) in [7, 11) is 3.04.